The van der Waals surface area contributed by atoms with Crippen LogP contribution in [0.25, 0.3) is 0 Å². The molecule has 1 amide bonds. The average Bonchev–Trinajstić information content (AvgIpc) is 2.70. The Labute approximate surface area is 181 Å². The van der Waals surface area contributed by atoms with Crippen molar-refractivity contribution in [3.8, 4) is 0 Å². The molecule has 0 aliphatic heterocycles. The number of hydrogen-bond donors (Lipinski definition) is 3. The number of sulfonamides is 1. The summed E-state index contributed by atoms with van der Waals surface area (Å²) in [4.78, 5) is 23.7. The number of anilines is 2. The fourth-order valence-corrected chi connectivity index (χ4v) is 3.93. The highest BCUT2D eigenvalue weighted by molar-refractivity contribution is 14.1. The average molecular weight is 522 g/mol. The van der Waals surface area contributed by atoms with Gasteiger partial charge in [-0.3, -0.25) is 9.52 Å². The maximum absolute atomic E-state index is 12.5. The van der Waals surface area contributed by atoms with Crippen molar-refractivity contribution < 1.29 is 23.1 Å². The predicted molar refractivity (Wildman–Crippen MR) is 118 cm³/mol. The van der Waals surface area contributed by atoms with Crippen molar-refractivity contribution in [1.82, 2.24) is 0 Å². The molecule has 0 saturated heterocycles. The third-order valence-corrected chi connectivity index (χ3v) is 6.04. The number of carboxylic acid groups (broad SMARTS) is 1. The zero-order chi connectivity index (χ0) is 21.0. The van der Waals surface area contributed by atoms with Crippen LogP contribution in [-0.4, -0.2) is 25.4 Å². The summed E-state index contributed by atoms with van der Waals surface area (Å²) in [5, 5.41) is 11.8. The van der Waals surface area contributed by atoms with Gasteiger partial charge in [0.05, 0.1) is 16.0 Å². The molecule has 0 bridgehead atoms. The lowest BCUT2D eigenvalue weighted by atomic mass is 10.1. The van der Waals surface area contributed by atoms with E-state index < -0.39 is 21.9 Å². The van der Waals surface area contributed by atoms with E-state index in [0.29, 0.717) is 11.4 Å². The van der Waals surface area contributed by atoms with Crippen molar-refractivity contribution in [3.63, 3.8) is 0 Å². The summed E-state index contributed by atoms with van der Waals surface area (Å²) < 4.78 is 28.5. The Morgan fingerprint density at radius 1 is 0.793 bits per heavy atom. The Hall–Kier alpha value is -2.92. The van der Waals surface area contributed by atoms with E-state index in [9.17, 15) is 23.1 Å². The molecule has 3 rings (SSSR count). The van der Waals surface area contributed by atoms with Crippen molar-refractivity contribution in [3.05, 3.63) is 87.5 Å². The van der Waals surface area contributed by atoms with Gasteiger partial charge in [0.25, 0.3) is 15.9 Å². The lowest BCUT2D eigenvalue weighted by Crippen LogP contribution is -2.16. The Kier molecular flexibility index (Phi) is 6.18. The minimum absolute atomic E-state index is 0.0112. The molecular formula is C20H15IN2O5S. The fraction of sp³-hybridized carbons (Fsp3) is 0. The molecule has 3 aromatic carbocycles. The van der Waals surface area contributed by atoms with E-state index >= 15 is 0 Å². The lowest BCUT2D eigenvalue weighted by molar-refractivity contribution is 0.0692. The Morgan fingerprint density at radius 2 is 1.34 bits per heavy atom. The SMILES string of the molecule is O=C(O)c1ccccc1C(=O)Nc1ccc(S(=O)(=O)Nc2ccc(I)cc2)cc1. The highest BCUT2D eigenvalue weighted by Crippen LogP contribution is 2.20. The van der Waals surface area contributed by atoms with Crippen LogP contribution in [0.1, 0.15) is 20.7 Å². The predicted octanol–water partition coefficient (Wildman–Crippen LogP) is 4.04. The van der Waals surface area contributed by atoms with Gasteiger partial charge in [0, 0.05) is 14.9 Å². The largest absolute Gasteiger partial charge is 0.478 e. The minimum atomic E-state index is -3.78. The van der Waals surface area contributed by atoms with E-state index in [4.69, 9.17) is 0 Å². The van der Waals surface area contributed by atoms with Crippen molar-refractivity contribution in [2.24, 2.45) is 0 Å². The number of benzene rings is 3. The van der Waals surface area contributed by atoms with E-state index in [1.54, 1.807) is 30.3 Å². The molecule has 148 valence electrons. The molecule has 0 atom stereocenters. The van der Waals surface area contributed by atoms with E-state index in [0.717, 1.165) is 3.57 Å². The van der Waals surface area contributed by atoms with Crippen molar-refractivity contribution >= 4 is 55.9 Å². The quantitative estimate of drug-likeness (QED) is 0.423. The summed E-state index contributed by atoms with van der Waals surface area (Å²) in [7, 11) is -3.78. The molecule has 0 aliphatic rings. The molecule has 0 aliphatic carbocycles. The highest BCUT2D eigenvalue weighted by Gasteiger charge is 2.17. The van der Waals surface area contributed by atoms with E-state index in [2.05, 4.69) is 32.6 Å². The summed E-state index contributed by atoms with van der Waals surface area (Å²) in [6.45, 7) is 0. The zero-order valence-corrected chi connectivity index (χ0v) is 17.8. The van der Waals surface area contributed by atoms with Crippen LogP contribution in [0.5, 0.6) is 0 Å². The highest BCUT2D eigenvalue weighted by atomic mass is 127. The van der Waals surface area contributed by atoms with Gasteiger partial charge >= 0.3 is 5.97 Å². The summed E-state index contributed by atoms with van der Waals surface area (Å²) in [6, 6.07) is 18.3. The number of hydrogen-bond acceptors (Lipinski definition) is 4. The molecule has 0 spiro atoms. The van der Waals surface area contributed by atoms with Gasteiger partial charge in [0.15, 0.2) is 0 Å². The number of nitrogens with one attached hydrogen (secondary N) is 2. The van der Waals surface area contributed by atoms with Gasteiger partial charge in [-0.05, 0) is 83.3 Å². The van der Waals surface area contributed by atoms with Gasteiger partial charge in [-0.1, -0.05) is 12.1 Å². The van der Waals surface area contributed by atoms with Gasteiger partial charge in [-0.15, -0.1) is 0 Å². The molecule has 0 radical (unpaired) electrons. The molecule has 0 aromatic heterocycles. The van der Waals surface area contributed by atoms with Gasteiger partial charge < -0.3 is 10.4 Å². The number of rotatable bonds is 6. The van der Waals surface area contributed by atoms with Gasteiger partial charge in [0.1, 0.15) is 0 Å². The number of carboxylic acids is 1. The van der Waals surface area contributed by atoms with Crippen LogP contribution >= 0.6 is 22.6 Å². The Bertz CT molecular complexity index is 1160. The second-order valence-corrected chi connectivity index (χ2v) is 8.87. The van der Waals surface area contributed by atoms with Crippen molar-refractivity contribution in [1.29, 1.82) is 0 Å². The first-order valence-corrected chi connectivity index (χ1v) is 10.8. The van der Waals surface area contributed by atoms with Crippen LogP contribution in [0.3, 0.4) is 0 Å². The monoisotopic (exact) mass is 522 g/mol. The summed E-state index contributed by atoms with van der Waals surface area (Å²) >= 11 is 2.12. The van der Waals surface area contributed by atoms with Gasteiger partial charge in [0.2, 0.25) is 0 Å². The van der Waals surface area contributed by atoms with Crippen LogP contribution in [0.15, 0.2) is 77.7 Å². The maximum atomic E-state index is 12.5. The molecule has 0 heterocycles. The maximum Gasteiger partial charge on any atom is 0.336 e. The van der Waals surface area contributed by atoms with Crippen molar-refractivity contribution in [2.75, 3.05) is 10.0 Å². The molecule has 0 unspecified atom stereocenters. The van der Waals surface area contributed by atoms with Crippen LogP contribution in [0.2, 0.25) is 0 Å². The third-order valence-electron chi connectivity index (χ3n) is 3.92. The first-order chi connectivity index (χ1) is 13.8. The van der Waals surface area contributed by atoms with Crippen LogP contribution in [-0.2, 0) is 10.0 Å². The van der Waals surface area contributed by atoms with Crippen LogP contribution in [0, 0.1) is 3.57 Å². The van der Waals surface area contributed by atoms with Crippen LogP contribution < -0.4 is 10.0 Å². The number of amides is 1. The summed E-state index contributed by atoms with van der Waals surface area (Å²) in [5.41, 5.74) is 0.666. The standard InChI is InChI=1S/C20H15IN2O5S/c21-13-5-7-15(8-6-13)23-29(27,28)16-11-9-14(10-12-16)22-19(24)17-3-1-2-4-18(17)20(25)26/h1-12,23H,(H,22,24)(H,25,26). The second-order valence-electron chi connectivity index (χ2n) is 5.94. The molecule has 0 fully saturated rings. The Morgan fingerprint density at radius 3 is 1.93 bits per heavy atom. The lowest BCUT2D eigenvalue weighted by Gasteiger charge is -2.10. The number of carbonyl (C=O) groups is 2. The zero-order valence-electron chi connectivity index (χ0n) is 14.8. The van der Waals surface area contributed by atoms with E-state index in [1.807, 2.05) is 0 Å². The molecule has 9 heteroatoms. The molecular weight excluding hydrogens is 507 g/mol. The minimum Gasteiger partial charge on any atom is -0.478 e. The molecule has 3 aromatic rings. The number of halogens is 1. The van der Waals surface area contributed by atoms with E-state index in [-0.39, 0.29) is 16.0 Å². The smallest absolute Gasteiger partial charge is 0.336 e. The molecule has 7 nitrogen and oxygen atoms in total. The second kappa shape index (κ2) is 8.62. The normalized spacial score (nSPS) is 10.9. The first kappa shape index (κ1) is 20.8. The first-order valence-electron chi connectivity index (χ1n) is 8.28. The van der Waals surface area contributed by atoms with Crippen molar-refractivity contribution in [2.45, 2.75) is 4.90 Å². The number of carbonyl (C=O) groups excluding carboxylic acids is 1. The molecule has 3 N–H and O–H groups in total. The molecule has 29 heavy (non-hydrogen) atoms. The Balaban J connectivity index is 1.75. The van der Waals surface area contributed by atoms with E-state index in [1.165, 1.54) is 42.5 Å². The number of aromatic carboxylic acids is 1. The third kappa shape index (κ3) is 5.12. The topological polar surface area (TPSA) is 113 Å². The van der Waals surface area contributed by atoms with Gasteiger partial charge in [-0.2, -0.15) is 0 Å². The van der Waals surface area contributed by atoms with Gasteiger partial charge in [-0.25, -0.2) is 13.2 Å². The fourth-order valence-electron chi connectivity index (χ4n) is 2.52. The van der Waals surface area contributed by atoms with Crippen LogP contribution in [0.4, 0.5) is 11.4 Å². The summed E-state index contributed by atoms with van der Waals surface area (Å²) in [6.07, 6.45) is 0. The summed E-state index contributed by atoms with van der Waals surface area (Å²) in [5.74, 6) is -1.81. The molecule has 0 saturated carbocycles.